The van der Waals surface area contributed by atoms with Gasteiger partial charge in [-0.1, -0.05) is 18.4 Å². The Kier molecular flexibility index (Phi) is 6.70. The van der Waals surface area contributed by atoms with Crippen LogP contribution in [-0.4, -0.2) is 65.9 Å². The Labute approximate surface area is 198 Å². The van der Waals surface area contributed by atoms with E-state index in [9.17, 15) is 4.79 Å². The van der Waals surface area contributed by atoms with Gasteiger partial charge in [-0.05, 0) is 30.7 Å². The summed E-state index contributed by atoms with van der Waals surface area (Å²) in [6, 6.07) is 7.37. The summed E-state index contributed by atoms with van der Waals surface area (Å²) in [7, 11) is 4.82. The normalized spacial score (nSPS) is 17.3. The first-order valence-electron chi connectivity index (χ1n) is 10.8. The summed E-state index contributed by atoms with van der Waals surface area (Å²) < 4.78 is 17.8. The molecule has 4 rings (SSSR count). The van der Waals surface area contributed by atoms with Crippen LogP contribution in [0, 0.1) is 11.8 Å². The van der Waals surface area contributed by atoms with Crippen LogP contribution in [0.5, 0.6) is 11.5 Å². The van der Waals surface area contributed by atoms with Crippen molar-refractivity contribution in [3.8, 4) is 23.3 Å². The van der Waals surface area contributed by atoms with E-state index in [1.54, 1.807) is 36.8 Å². The Morgan fingerprint density at radius 2 is 1.94 bits per heavy atom. The Morgan fingerprint density at radius 3 is 2.59 bits per heavy atom. The fraction of sp³-hybridized carbons (Fsp3) is 0.320. The second-order valence-electron chi connectivity index (χ2n) is 7.98. The van der Waals surface area contributed by atoms with E-state index in [1.807, 2.05) is 18.2 Å². The Bertz CT molecular complexity index is 1270. The van der Waals surface area contributed by atoms with Crippen molar-refractivity contribution in [2.24, 2.45) is 0 Å². The number of likely N-dealkylation sites (tertiary alicyclic amines) is 1. The molecule has 34 heavy (non-hydrogen) atoms. The van der Waals surface area contributed by atoms with Crippen molar-refractivity contribution in [3.05, 3.63) is 60.1 Å². The van der Waals surface area contributed by atoms with Gasteiger partial charge in [0.05, 0.1) is 32.4 Å². The molecule has 1 amide bonds. The quantitative estimate of drug-likeness (QED) is 0.443. The molecule has 1 aromatic carbocycles. The number of benzene rings is 1. The minimum Gasteiger partial charge on any atom is -0.497 e. The van der Waals surface area contributed by atoms with Crippen LogP contribution >= 0.6 is 0 Å². The zero-order chi connectivity index (χ0) is 24.2. The monoisotopic (exact) mass is 461 g/mol. The zero-order valence-electron chi connectivity index (χ0n) is 19.4. The molecule has 9 nitrogen and oxygen atoms in total. The number of anilines is 1. The number of rotatable bonds is 6. The van der Waals surface area contributed by atoms with Crippen molar-refractivity contribution in [1.82, 2.24) is 19.5 Å². The lowest BCUT2D eigenvalue weighted by molar-refractivity contribution is -0.127. The van der Waals surface area contributed by atoms with Crippen LogP contribution in [0.15, 0.2) is 43.2 Å². The molecule has 0 aliphatic carbocycles. The van der Waals surface area contributed by atoms with Gasteiger partial charge in [0.15, 0.2) is 5.82 Å². The maximum atomic E-state index is 12.4. The van der Waals surface area contributed by atoms with Crippen LogP contribution in [0.2, 0.25) is 0 Å². The standard InChI is InChI=1S/C25H27N5O4/c1-5-23(31)29-13-18(10-19(29)14-32-2)22-11-17(24-25(26)27-15-28-30(22)24)7-6-16-8-20(33-3)12-21(9-16)34-4/h5,8-9,11-12,15,18-19H,1,10,13-14H2,2-4H3,(H2,26,27,28)/t18-,19-/m1/s1. The zero-order valence-corrected chi connectivity index (χ0v) is 19.4. The number of nitrogens with two attached hydrogens (primary N) is 1. The molecule has 0 bridgehead atoms. The van der Waals surface area contributed by atoms with Crippen LogP contribution in [0.25, 0.3) is 5.52 Å². The van der Waals surface area contributed by atoms with Crippen LogP contribution in [-0.2, 0) is 9.53 Å². The molecule has 1 saturated heterocycles. The van der Waals surface area contributed by atoms with E-state index in [1.165, 1.54) is 12.4 Å². The highest BCUT2D eigenvalue weighted by molar-refractivity contribution is 5.87. The summed E-state index contributed by atoms with van der Waals surface area (Å²) in [5.74, 6) is 7.91. The van der Waals surface area contributed by atoms with E-state index in [4.69, 9.17) is 19.9 Å². The molecule has 0 saturated carbocycles. The lowest BCUT2D eigenvalue weighted by Crippen LogP contribution is -2.37. The molecule has 3 aromatic rings. The average molecular weight is 462 g/mol. The SMILES string of the molecule is C=CC(=O)N1C[C@H](c2cc(C#Cc3cc(OC)cc(OC)c3)c3c(N)ncnn23)C[C@@H]1COC. The maximum Gasteiger partial charge on any atom is 0.246 e. The molecule has 0 unspecified atom stereocenters. The second-order valence-corrected chi connectivity index (χ2v) is 7.98. The van der Waals surface area contributed by atoms with Gasteiger partial charge in [0, 0.05) is 36.9 Å². The van der Waals surface area contributed by atoms with E-state index in [0.717, 1.165) is 17.7 Å². The fourth-order valence-electron chi connectivity index (χ4n) is 4.37. The highest BCUT2D eigenvalue weighted by atomic mass is 16.5. The van der Waals surface area contributed by atoms with Gasteiger partial charge in [-0.25, -0.2) is 9.50 Å². The van der Waals surface area contributed by atoms with Gasteiger partial charge in [-0.2, -0.15) is 5.10 Å². The van der Waals surface area contributed by atoms with Crippen molar-refractivity contribution in [3.63, 3.8) is 0 Å². The number of carbonyl (C=O) groups excluding carboxylic acids is 1. The molecular weight excluding hydrogens is 434 g/mol. The van der Waals surface area contributed by atoms with Crippen molar-refractivity contribution >= 4 is 17.2 Å². The second kappa shape index (κ2) is 9.85. The molecular formula is C25H27N5O4. The van der Waals surface area contributed by atoms with Crippen molar-refractivity contribution in [2.45, 2.75) is 18.4 Å². The summed E-state index contributed by atoms with van der Waals surface area (Å²) in [6.07, 6.45) is 3.48. The van der Waals surface area contributed by atoms with Gasteiger partial charge in [-0.3, -0.25) is 4.79 Å². The fourth-order valence-corrected chi connectivity index (χ4v) is 4.37. The van der Waals surface area contributed by atoms with Crippen LogP contribution in [0.3, 0.4) is 0 Å². The molecule has 0 radical (unpaired) electrons. The molecule has 1 aliphatic heterocycles. The number of amides is 1. The number of ether oxygens (including phenoxy) is 3. The number of carbonyl (C=O) groups is 1. The van der Waals surface area contributed by atoms with E-state index in [0.29, 0.717) is 41.5 Å². The van der Waals surface area contributed by atoms with Crippen LogP contribution in [0.4, 0.5) is 5.82 Å². The van der Waals surface area contributed by atoms with Gasteiger partial charge < -0.3 is 24.8 Å². The third-order valence-electron chi connectivity index (χ3n) is 5.95. The summed E-state index contributed by atoms with van der Waals surface area (Å²) in [6.45, 7) is 4.60. The predicted octanol–water partition coefficient (Wildman–Crippen LogP) is 2.25. The van der Waals surface area contributed by atoms with E-state index < -0.39 is 0 Å². The largest absolute Gasteiger partial charge is 0.497 e. The number of hydrogen-bond donors (Lipinski definition) is 1. The molecule has 2 aromatic heterocycles. The van der Waals surface area contributed by atoms with Crippen molar-refractivity contribution in [2.75, 3.05) is 40.2 Å². The summed E-state index contributed by atoms with van der Waals surface area (Å²) >= 11 is 0. The topological polar surface area (TPSA) is 104 Å². The number of methoxy groups -OCH3 is 3. The minimum atomic E-state index is -0.119. The van der Waals surface area contributed by atoms with Gasteiger partial charge in [-0.15, -0.1) is 0 Å². The molecule has 2 N–H and O–H groups in total. The molecule has 0 spiro atoms. The third kappa shape index (κ3) is 4.40. The first kappa shape index (κ1) is 23.1. The van der Waals surface area contributed by atoms with Crippen LogP contribution in [0.1, 0.15) is 29.2 Å². The Morgan fingerprint density at radius 1 is 1.21 bits per heavy atom. The lowest BCUT2D eigenvalue weighted by atomic mass is 10.0. The molecule has 3 heterocycles. The summed E-state index contributed by atoms with van der Waals surface area (Å²) in [5.41, 5.74) is 9.21. The molecule has 1 aliphatic rings. The minimum absolute atomic E-state index is 0.0262. The van der Waals surface area contributed by atoms with Crippen molar-refractivity contribution in [1.29, 1.82) is 0 Å². The smallest absolute Gasteiger partial charge is 0.246 e. The Balaban J connectivity index is 1.76. The predicted molar refractivity (Wildman–Crippen MR) is 128 cm³/mol. The van der Waals surface area contributed by atoms with E-state index in [2.05, 4.69) is 28.5 Å². The third-order valence-corrected chi connectivity index (χ3v) is 5.95. The highest BCUT2D eigenvalue weighted by Crippen LogP contribution is 2.35. The maximum absolute atomic E-state index is 12.4. The lowest BCUT2D eigenvalue weighted by Gasteiger charge is -2.22. The number of aromatic nitrogens is 3. The average Bonchev–Trinajstić information content (AvgIpc) is 3.44. The summed E-state index contributed by atoms with van der Waals surface area (Å²) in [4.78, 5) is 18.4. The highest BCUT2D eigenvalue weighted by Gasteiger charge is 2.36. The van der Waals surface area contributed by atoms with Gasteiger partial charge in [0.1, 0.15) is 23.3 Å². The first-order valence-corrected chi connectivity index (χ1v) is 10.8. The van der Waals surface area contributed by atoms with E-state index in [-0.39, 0.29) is 17.9 Å². The number of nitrogen functional groups attached to an aromatic ring is 1. The van der Waals surface area contributed by atoms with Gasteiger partial charge >= 0.3 is 0 Å². The van der Waals surface area contributed by atoms with Gasteiger partial charge in [0.2, 0.25) is 5.91 Å². The van der Waals surface area contributed by atoms with Crippen LogP contribution < -0.4 is 15.2 Å². The first-order chi connectivity index (χ1) is 16.5. The van der Waals surface area contributed by atoms with E-state index >= 15 is 0 Å². The van der Waals surface area contributed by atoms with Crippen molar-refractivity contribution < 1.29 is 19.0 Å². The molecule has 176 valence electrons. The summed E-state index contributed by atoms with van der Waals surface area (Å²) in [5, 5.41) is 4.44. The number of fused-ring (bicyclic) bond motifs is 1. The van der Waals surface area contributed by atoms with Gasteiger partial charge in [0.25, 0.3) is 0 Å². The Hall–Kier alpha value is -4.03. The molecule has 2 atom stereocenters. The molecule has 1 fully saturated rings. The molecule has 9 heteroatoms. The number of nitrogens with zero attached hydrogens (tertiary/aromatic N) is 4. The number of hydrogen-bond acceptors (Lipinski definition) is 7.